The summed E-state index contributed by atoms with van der Waals surface area (Å²) in [6.45, 7) is 0. The van der Waals surface area contributed by atoms with Crippen LogP contribution in [0.15, 0.2) is 0 Å². The normalized spacial score (nSPS) is 14.7. The molecule has 0 saturated carbocycles. The minimum absolute atomic E-state index is 0.120. The van der Waals surface area contributed by atoms with E-state index in [-0.39, 0.29) is 12.8 Å². The summed E-state index contributed by atoms with van der Waals surface area (Å²) in [4.78, 5) is 0. The predicted molar refractivity (Wildman–Crippen MR) is 63.2 cm³/mol. The fourth-order valence-electron chi connectivity index (χ4n) is 1.79. The second-order valence-electron chi connectivity index (χ2n) is 5.05. The van der Waals surface area contributed by atoms with E-state index in [1.165, 1.54) is 0 Å². The van der Waals surface area contributed by atoms with E-state index >= 15 is 0 Å². The molecule has 1 atom stereocenters. The van der Waals surface area contributed by atoms with Crippen molar-refractivity contribution in [2.24, 2.45) is 0 Å². The van der Waals surface area contributed by atoms with Gasteiger partial charge in [-0.1, -0.05) is 0 Å². The van der Waals surface area contributed by atoms with E-state index in [4.69, 9.17) is 0 Å². The van der Waals surface area contributed by atoms with Gasteiger partial charge in [-0.3, -0.25) is 0 Å². The van der Waals surface area contributed by atoms with Gasteiger partial charge in [0.15, 0.2) is 0 Å². The molecule has 0 nitrogen and oxygen atoms in total. The first-order valence-electron chi connectivity index (χ1n) is 6.71. The third kappa shape index (κ3) is 13.3. The van der Waals surface area contributed by atoms with Gasteiger partial charge in [0.2, 0.25) is 0 Å². The Morgan fingerprint density at radius 1 is 0.737 bits per heavy atom. The zero-order valence-electron chi connectivity index (χ0n) is 11.2. The molecule has 0 rings (SSSR count). The standard InChI is InChI=1S/C12H19F6.Na/c13-10(11(14)15)8-6-4-2-1-3-5-7-9-12(16,17)18;/h10H,1-9H2;. The summed E-state index contributed by atoms with van der Waals surface area (Å²) in [5, 5.41) is 0. The third-order valence-electron chi connectivity index (χ3n) is 2.97. The molecule has 0 heterocycles. The van der Waals surface area contributed by atoms with Crippen LogP contribution < -0.4 is 0 Å². The van der Waals surface area contributed by atoms with Crippen LogP contribution in [0, 0.1) is 0 Å². The summed E-state index contributed by atoms with van der Waals surface area (Å²) >= 11 is -0.472. The van der Waals surface area contributed by atoms with Crippen molar-refractivity contribution in [3.63, 3.8) is 0 Å². The van der Waals surface area contributed by atoms with Crippen molar-refractivity contribution in [1.82, 2.24) is 0 Å². The van der Waals surface area contributed by atoms with Crippen LogP contribution in [0.5, 0.6) is 0 Å². The van der Waals surface area contributed by atoms with Gasteiger partial charge >= 0.3 is 114 Å². The fourth-order valence-corrected chi connectivity index (χ4v) is 2.08. The molecule has 0 aromatic rings. The van der Waals surface area contributed by atoms with Crippen molar-refractivity contribution in [2.45, 2.75) is 73.3 Å². The van der Waals surface area contributed by atoms with Crippen LogP contribution in [0.3, 0.4) is 0 Å². The minimum atomic E-state index is -4.08. The zero-order chi connectivity index (χ0) is 14.9. The molecule has 0 amide bonds. The van der Waals surface area contributed by atoms with E-state index in [2.05, 4.69) is 0 Å². The second-order valence-corrected chi connectivity index (χ2v) is 6.39. The van der Waals surface area contributed by atoms with Crippen LogP contribution in [-0.4, -0.2) is 43.5 Å². The maximum absolute atomic E-state index is 12.9. The molecular formula is C12H19F6Na. The SMILES string of the molecule is FC(CCCCCCCCCC(F)(F)F)[C](F)(F)[Na]. The molecular weight excluding hydrogens is 281 g/mol. The molecule has 0 N–H and O–H groups in total. The molecule has 0 aliphatic carbocycles. The van der Waals surface area contributed by atoms with Gasteiger partial charge in [-0.15, -0.1) is 0 Å². The Labute approximate surface area is 127 Å². The summed E-state index contributed by atoms with van der Waals surface area (Å²) in [6, 6.07) is 0. The van der Waals surface area contributed by atoms with E-state index < -0.39 is 49.9 Å². The Balaban J connectivity index is 3.29. The second kappa shape index (κ2) is 9.50. The van der Waals surface area contributed by atoms with Gasteiger partial charge in [-0.05, 0) is 0 Å². The molecule has 0 saturated heterocycles. The van der Waals surface area contributed by atoms with E-state index in [0.717, 1.165) is 12.8 Å². The number of alkyl halides is 6. The monoisotopic (exact) mass is 300 g/mol. The fraction of sp³-hybridized carbons (Fsp3) is 1.00. The molecule has 0 aliphatic heterocycles. The average Bonchev–Trinajstić information content (AvgIpc) is 2.23. The first kappa shape index (κ1) is 19.6. The van der Waals surface area contributed by atoms with E-state index in [9.17, 15) is 26.3 Å². The van der Waals surface area contributed by atoms with Crippen molar-refractivity contribution in [3.05, 3.63) is 0 Å². The molecule has 0 aromatic carbocycles. The van der Waals surface area contributed by atoms with Crippen molar-refractivity contribution >= 4 is 27.9 Å². The Kier molecular flexibility index (Phi) is 9.79. The van der Waals surface area contributed by atoms with Crippen molar-refractivity contribution in [1.29, 1.82) is 0 Å². The average molecular weight is 300 g/mol. The Morgan fingerprint density at radius 3 is 1.58 bits per heavy atom. The van der Waals surface area contributed by atoms with Crippen LogP contribution in [0.1, 0.15) is 57.8 Å². The number of hydrogen-bond donors (Lipinski definition) is 0. The number of unbranched alkanes of at least 4 members (excludes halogenated alkanes) is 6. The maximum atomic E-state index is 12.9. The Morgan fingerprint density at radius 2 is 1.16 bits per heavy atom. The van der Waals surface area contributed by atoms with Crippen LogP contribution >= 0.6 is 0 Å². The number of rotatable bonds is 10. The van der Waals surface area contributed by atoms with Crippen LogP contribution in [-0.2, 0) is 0 Å². The van der Waals surface area contributed by atoms with Crippen molar-refractivity contribution in [2.75, 3.05) is 0 Å². The Bertz CT molecular complexity index is 223. The van der Waals surface area contributed by atoms with E-state index in [0.29, 0.717) is 25.7 Å². The first-order chi connectivity index (χ1) is 8.63. The molecule has 1 unspecified atom stereocenters. The molecule has 0 fully saturated rings. The van der Waals surface area contributed by atoms with Crippen LogP contribution in [0.2, 0.25) is 0 Å². The van der Waals surface area contributed by atoms with Gasteiger partial charge in [0, 0.05) is 0 Å². The van der Waals surface area contributed by atoms with Gasteiger partial charge < -0.3 is 0 Å². The Hall–Kier alpha value is 0.580. The van der Waals surface area contributed by atoms with Crippen molar-refractivity contribution < 1.29 is 26.3 Å². The predicted octanol–water partition coefficient (Wildman–Crippen LogP) is 5.16. The van der Waals surface area contributed by atoms with E-state index in [1.54, 1.807) is 0 Å². The number of halogens is 6. The van der Waals surface area contributed by atoms with Gasteiger partial charge in [-0.2, -0.15) is 13.2 Å². The molecule has 19 heavy (non-hydrogen) atoms. The molecule has 0 aliphatic rings. The molecule has 0 radical (unpaired) electrons. The summed E-state index contributed by atoms with van der Waals surface area (Å²) in [5.41, 5.74) is 0. The van der Waals surface area contributed by atoms with Gasteiger partial charge in [-0.25, -0.2) is 0 Å². The zero-order valence-corrected chi connectivity index (χ0v) is 13.2. The first-order valence-corrected chi connectivity index (χ1v) is 7.71. The van der Waals surface area contributed by atoms with Gasteiger partial charge in [0.05, 0.1) is 0 Å². The van der Waals surface area contributed by atoms with Gasteiger partial charge in [0.25, 0.3) is 0 Å². The number of hydrogen-bond acceptors (Lipinski definition) is 0. The van der Waals surface area contributed by atoms with Crippen molar-refractivity contribution in [3.8, 4) is 0 Å². The molecule has 7 heteroatoms. The summed E-state index contributed by atoms with van der Waals surface area (Å²) in [5.74, 6) is 0. The quantitative estimate of drug-likeness (QED) is 0.297. The third-order valence-corrected chi connectivity index (χ3v) is 3.59. The molecule has 0 spiro atoms. The van der Waals surface area contributed by atoms with Crippen LogP contribution in [0.4, 0.5) is 26.3 Å². The topological polar surface area (TPSA) is 0 Å². The van der Waals surface area contributed by atoms with E-state index in [1.807, 2.05) is 0 Å². The van der Waals surface area contributed by atoms with Gasteiger partial charge in [0.1, 0.15) is 0 Å². The summed E-state index contributed by atoms with van der Waals surface area (Å²) in [7, 11) is 0. The molecule has 0 aromatic heterocycles. The summed E-state index contributed by atoms with van der Waals surface area (Å²) < 4.78 is 70.2. The molecule has 0 bridgehead atoms. The van der Waals surface area contributed by atoms with Crippen LogP contribution in [0.25, 0.3) is 0 Å². The molecule has 110 valence electrons. The summed E-state index contributed by atoms with van der Waals surface area (Å²) in [6.07, 6.45) is -2.96.